The number of ether oxygens (including phenoxy) is 1. The van der Waals surface area contributed by atoms with Gasteiger partial charge in [0.2, 0.25) is 0 Å². The van der Waals surface area contributed by atoms with Gasteiger partial charge in [0.25, 0.3) is 0 Å². The summed E-state index contributed by atoms with van der Waals surface area (Å²) in [5.41, 5.74) is 0.888. The summed E-state index contributed by atoms with van der Waals surface area (Å²) in [4.78, 5) is 0. The third-order valence-electron chi connectivity index (χ3n) is 7.65. The molecule has 2 nitrogen and oxygen atoms in total. The van der Waals surface area contributed by atoms with Crippen LogP contribution in [0.3, 0.4) is 0 Å². The highest BCUT2D eigenvalue weighted by Crippen LogP contribution is 2.66. The van der Waals surface area contributed by atoms with Crippen molar-refractivity contribution in [1.82, 2.24) is 5.32 Å². The van der Waals surface area contributed by atoms with Gasteiger partial charge < -0.3 is 10.1 Å². The number of rotatable bonds is 5. The third-order valence-corrected chi connectivity index (χ3v) is 7.65. The maximum Gasteiger partial charge on any atom is 0.0637 e. The van der Waals surface area contributed by atoms with Gasteiger partial charge in [-0.3, -0.25) is 0 Å². The Kier molecular flexibility index (Phi) is 4.40. The monoisotopic (exact) mass is 293 g/mol. The minimum absolute atomic E-state index is 0.412. The topological polar surface area (TPSA) is 21.3 Å². The van der Waals surface area contributed by atoms with Crippen LogP contribution in [-0.4, -0.2) is 25.3 Å². The number of hydrogen-bond donors (Lipinski definition) is 1. The second-order valence-electron chi connectivity index (χ2n) is 8.79. The number of hydrogen-bond acceptors (Lipinski definition) is 2. The lowest BCUT2D eigenvalue weighted by Gasteiger charge is -2.39. The predicted molar refractivity (Wildman–Crippen MR) is 88.4 cm³/mol. The summed E-state index contributed by atoms with van der Waals surface area (Å²) < 4.78 is 6.34. The molecule has 3 fully saturated rings. The van der Waals surface area contributed by atoms with Crippen molar-refractivity contribution < 1.29 is 4.74 Å². The van der Waals surface area contributed by atoms with Crippen LogP contribution in [0, 0.1) is 22.7 Å². The van der Waals surface area contributed by atoms with Gasteiger partial charge in [0.05, 0.1) is 12.7 Å². The zero-order valence-corrected chi connectivity index (χ0v) is 14.6. The van der Waals surface area contributed by atoms with Gasteiger partial charge >= 0.3 is 0 Å². The molecule has 3 aliphatic carbocycles. The van der Waals surface area contributed by atoms with Gasteiger partial charge in [0.1, 0.15) is 0 Å². The molecule has 0 aromatic carbocycles. The van der Waals surface area contributed by atoms with Crippen LogP contribution < -0.4 is 5.32 Å². The largest absolute Gasteiger partial charge is 0.376 e. The minimum atomic E-state index is 0.412. The Morgan fingerprint density at radius 3 is 2.48 bits per heavy atom. The smallest absolute Gasteiger partial charge is 0.0637 e. The van der Waals surface area contributed by atoms with E-state index in [0.717, 1.165) is 31.0 Å². The standard InChI is InChI=1S/C19H35NO/c1-14-7-5-6-8-16(14)20-11-12-21-17-13-15-9-10-19(17,4)18(15,2)3/h14-17,20H,5-13H2,1-4H3. The summed E-state index contributed by atoms with van der Waals surface area (Å²) in [7, 11) is 0. The van der Waals surface area contributed by atoms with Crippen molar-refractivity contribution in [3.8, 4) is 0 Å². The van der Waals surface area contributed by atoms with Gasteiger partial charge in [-0.2, -0.15) is 0 Å². The molecule has 122 valence electrons. The van der Waals surface area contributed by atoms with Crippen molar-refractivity contribution in [3.63, 3.8) is 0 Å². The lowest BCUT2D eigenvalue weighted by atomic mass is 9.70. The van der Waals surface area contributed by atoms with Crippen LogP contribution in [0.25, 0.3) is 0 Å². The van der Waals surface area contributed by atoms with Gasteiger partial charge in [0.15, 0.2) is 0 Å². The van der Waals surface area contributed by atoms with E-state index in [0.29, 0.717) is 16.9 Å². The Bertz CT molecular complexity index is 367. The molecule has 3 rings (SSSR count). The molecule has 5 unspecified atom stereocenters. The molecule has 0 saturated heterocycles. The molecule has 0 radical (unpaired) electrons. The zero-order valence-electron chi connectivity index (χ0n) is 14.6. The molecule has 0 aromatic rings. The second kappa shape index (κ2) is 5.85. The van der Waals surface area contributed by atoms with Crippen LogP contribution in [0.15, 0.2) is 0 Å². The van der Waals surface area contributed by atoms with Crippen molar-refractivity contribution in [2.75, 3.05) is 13.2 Å². The van der Waals surface area contributed by atoms with E-state index in [9.17, 15) is 0 Å². The molecule has 2 bridgehead atoms. The molecule has 1 N–H and O–H groups in total. The van der Waals surface area contributed by atoms with Gasteiger partial charge in [-0.05, 0) is 54.8 Å². The molecule has 21 heavy (non-hydrogen) atoms. The molecular weight excluding hydrogens is 258 g/mol. The van der Waals surface area contributed by atoms with E-state index in [-0.39, 0.29) is 0 Å². The summed E-state index contributed by atoms with van der Waals surface area (Å²) in [6, 6.07) is 0.731. The summed E-state index contributed by atoms with van der Waals surface area (Å²) in [5.74, 6) is 1.73. The van der Waals surface area contributed by atoms with E-state index in [1.54, 1.807) is 0 Å². The van der Waals surface area contributed by atoms with Crippen molar-refractivity contribution in [3.05, 3.63) is 0 Å². The van der Waals surface area contributed by atoms with Crippen molar-refractivity contribution in [2.24, 2.45) is 22.7 Å². The van der Waals surface area contributed by atoms with Gasteiger partial charge in [0, 0.05) is 12.6 Å². The Hall–Kier alpha value is -0.0800. The van der Waals surface area contributed by atoms with Crippen molar-refractivity contribution in [2.45, 2.75) is 84.8 Å². The first-order valence-electron chi connectivity index (χ1n) is 9.30. The maximum atomic E-state index is 6.34. The van der Waals surface area contributed by atoms with Crippen LogP contribution in [0.1, 0.15) is 72.6 Å². The summed E-state index contributed by atoms with van der Waals surface area (Å²) in [6.07, 6.45) is 10.2. The molecule has 0 amide bonds. The fourth-order valence-corrected chi connectivity index (χ4v) is 5.45. The van der Waals surface area contributed by atoms with Crippen LogP contribution in [0.2, 0.25) is 0 Å². The Balaban J connectivity index is 1.42. The van der Waals surface area contributed by atoms with Crippen LogP contribution >= 0.6 is 0 Å². The molecule has 0 heterocycles. The van der Waals surface area contributed by atoms with Crippen LogP contribution in [0.4, 0.5) is 0 Å². The van der Waals surface area contributed by atoms with Gasteiger partial charge in [-0.1, -0.05) is 40.5 Å². The molecule has 3 saturated carbocycles. The highest BCUT2D eigenvalue weighted by molar-refractivity contribution is 5.11. The molecular formula is C19H35NO. The predicted octanol–water partition coefficient (Wildman–Crippen LogP) is 4.39. The zero-order chi connectivity index (χ0) is 15.1. The van der Waals surface area contributed by atoms with Crippen molar-refractivity contribution >= 4 is 0 Å². The Morgan fingerprint density at radius 2 is 1.86 bits per heavy atom. The van der Waals surface area contributed by atoms with E-state index < -0.39 is 0 Å². The molecule has 3 aliphatic rings. The van der Waals surface area contributed by atoms with E-state index in [4.69, 9.17) is 4.74 Å². The average molecular weight is 293 g/mol. The van der Waals surface area contributed by atoms with Gasteiger partial charge in [-0.15, -0.1) is 0 Å². The summed E-state index contributed by atoms with van der Waals surface area (Å²) >= 11 is 0. The lowest BCUT2D eigenvalue weighted by Crippen LogP contribution is -2.41. The summed E-state index contributed by atoms with van der Waals surface area (Å²) in [6.45, 7) is 11.7. The first-order valence-corrected chi connectivity index (χ1v) is 9.30. The van der Waals surface area contributed by atoms with Crippen molar-refractivity contribution in [1.29, 1.82) is 0 Å². The van der Waals surface area contributed by atoms with Crippen LogP contribution in [0.5, 0.6) is 0 Å². The Labute approximate surface area is 131 Å². The second-order valence-corrected chi connectivity index (χ2v) is 8.79. The highest BCUT2D eigenvalue weighted by atomic mass is 16.5. The first-order chi connectivity index (χ1) is 9.95. The highest BCUT2D eigenvalue weighted by Gasteiger charge is 2.61. The third kappa shape index (κ3) is 2.67. The molecule has 0 spiro atoms. The Morgan fingerprint density at radius 1 is 1.10 bits per heavy atom. The van der Waals surface area contributed by atoms with Crippen LogP contribution in [-0.2, 0) is 4.74 Å². The quantitative estimate of drug-likeness (QED) is 0.759. The number of fused-ring (bicyclic) bond motifs is 2. The van der Waals surface area contributed by atoms with E-state index in [2.05, 4.69) is 33.0 Å². The maximum absolute atomic E-state index is 6.34. The SMILES string of the molecule is CC1CCCCC1NCCOC1CC2CCC1(C)C2(C)C. The fraction of sp³-hybridized carbons (Fsp3) is 1.00. The normalized spacial score (nSPS) is 45.1. The minimum Gasteiger partial charge on any atom is -0.376 e. The molecule has 0 aliphatic heterocycles. The molecule has 2 heteroatoms. The van der Waals surface area contributed by atoms with E-state index in [1.165, 1.54) is 44.9 Å². The molecule has 5 atom stereocenters. The average Bonchev–Trinajstić information content (AvgIpc) is 2.78. The van der Waals surface area contributed by atoms with E-state index in [1.807, 2.05) is 0 Å². The van der Waals surface area contributed by atoms with Gasteiger partial charge in [-0.25, -0.2) is 0 Å². The fourth-order valence-electron chi connectivity index (χ4n) is 5.45. The first kappa shape index (κ1) is 15.8. The summed E-state index contributed by atoms with van der Waals surface area (Å²) in [5, 5.41) is 3.75. The molecule has 0 aromatic heterocycles. The lowest BCUT2D eigenvalue weighted by molar-refractivity contribution is -0.0458. The van der Waals surface area contributed by atoms with E-state index >= 15 is 0 Å². The number of nitrogens with one attached hydrogen (secondary N) is 1.